The van der Waals surface area contributed by atoms with Crippen molar-refractivity contribution in [3.8, 4) is 5.75 Å². The molecule has 0 bridgehead atoms. The second kappa shape index (κ2) is 7.43. The monoisotopic (exact) mass is 396 g/mol. The first-order valence-electron chi connectivity index (χ1n) is 8.90. The van der Waals surface area contributed by atoms with E-state index in [4.69, 9.17) is 0 Å². The van der Waals surface area contributed by atoms with Crippen molar-refractivity contribution in [2.24, 2.45) is 0 Å². The molecule has 2 aromatic heterocycles. The Morgan fingerprint density at radius 3 is 2.52 bits per heavy atom. The number of hydrogen-bond acceptors (Lipinski definition) is 3. The number of phenols is 1. The van der Waals surface area contributed by atoms with E-state index in [-0.39, 0.29) is 11.4 Å². The minimum Gasteiger partial charge on any atom is -0.505 e. The van der Waals surface area contributed by atoms with Crippen LogP contribution >= 0.6 is 0 Å². The van der Waals surface area contributed by atoms with Crippen LogP contribution in [-0.2, 0) is 6.18 Å². The first-order chi connectivity index (χ1) is 13.9. The van der Waals surface area contributed by atoms with Crippen LogP contribution in [0.2, 0.25) is 0 Å². The Labute approximate surface area is 164 Å². The van der Waals surface area contributed by atoms with E-state index in [1.165, 1.54) is 6.07 Å². The molecule has 4 aromatic rings. The van der Waals surface area contributed by atoms with Crippen molar-refractivity contribution in [1.29, 1.82) is 0 Å². The lowest BCUT2D eigenvalue weighted by Crippen LogP contribution is -2.15. The molecule has 0 aliphatic carbocycles. The SMILES string of the molecule is Oc1c(C(Nc2cccc(C(F)(F)F)c2)c2cc[nH+]cc2)ccc2cccnc12. The van der Waals surface area contributed by atoms with Gasteiger partial charge >= 0.3 is 6.18 Å². The maximum atomic E-state index is 13.1. The summed E-state index contributed by atoms with van der Waals surface area (Å²) in [4.78, 5) is 7.16. The molecule has 0 radical (unpaired) electrons. The Morgan fingerprint density at radius 2 is 1.76 bits per heavy atom. The van der Waals surface area contributed by atoms with Gasteiger partial charge in [-0.05, 0) is 29.8 Å². The molecule has 0 aliphatic rings. The number of hydrogen-bond donors (Lipinski definition) is 2. The summed E-state index contributed by atoms with van der Waals surface area (Å²) >= 11 is 0. The lowest BCUT2D eigenvalue weighted by Gasteiger charge is -2.22. The number of alkyl halides is 3. The molecule has 1 unspecified atom stereocenters. The number of H-pyrrole nitrogens is 1. The smallest absolute Gasteiger partial charge is 0.416 e. The highest BCUT2D eigenvalue weighted by Gasteiger charge is 2.30. The lowest BCUT2D eigenvalue weighted by atomic mass is 9.96. The Bertz CT molecular complexity index is 1150. The number of rotatable bonds is 4. The molecular weight excluding hydrogens is 379 g/mol. The number of nitrogens with zero attached hydrogens (tertiary/aromatic N) is 1. The third kappa shape index (κ3) is 3.85. The molecule has 1 atom stereocenters. The van der Waals surface area contributed by atoms with Crippen LogP contribution in [0.3, 0.4) is 0 Å². The van der Waals surface area contributed by atoms with E-state index in [0.29, 0.717) is 11.1 Å². The standard InChI is InChI=1S/C22H16F3N3O/c23-22(24,25)16-4-1-5-17(13-16)28-19(15-8-11-26-12-9-15)18-7-6-14-3-2-10-27-20(14)21(18)29/h1-13,19,28-29H/p+1. The summed E-state index contributed by atoms with van der Waals surface area (Å²) in [6.07, 6.45) is 0.571. The van der Waals surface area contributed by atoms with Gasteiger partial charge in [0.2, 0.25) is 0 Å². The van der Waals surface area contributed by atoms with Crippen LogP contribution in [0, 0.1) is 0 Å². The molecule has 3 N–H and O–H groups in total. The van der Waals surface area contributed by atoms with E-state index in [0.717, 1.165) is 23.1 Å². The summed E-state index contributed by atoms with van der Waals surface area (Å²) in [5.74, 6) is -0.0135. The summed E-state index contributed by atoms with van der Waals surface area (Å²) in [5.41, 5.74) is 1.26. The molecule has 4 nitrogen and oxygen atoms in total. The molecule has 0 aliphatic heterocycles. The van der Waals surface area contributed by atoms with Gasteiger partial charge in [0, 0.05) is 35.0 Å². The summed E-state index contributed by atoms with van der Waals surface area (Å²) in [7, 11) is 0. The quantitative estimate of drug-likeness (QED) is 0.512. The topological polar surface area (TPSA) is 59.3 Å². The normalized spacial score (nSPS) is 12.7. The number of aromatic nitrogens is 2. The van der Waals surface area contributed by atoms with Gasteiger partial charge in [0.05, 0.1) is 11.6 Å². The zero-order valence-corrected chi connectivity index (χ0v) is 15.1. The molecular formula is C22H17F3N3O+. The highest BCUT2D eigenvalue weighted by atomic mass is 19.4. The van der Waals surface area contributed by atoms with Gasteiger partial charge in [0.25, 0.3) is 0 Å². The van der Waals surface area contributed by atoms with Crippen LogP contribution in [0.1, 0.15) is 22.7 Å². The molecule has 4 rings (SSSR count). The average Bonchev–Trinajstić information content (AvgIpc) is 2.73. The van der Waals surface area contributed by atoms with E-state index in [9.17, 15) is 18.3 Å². The van der Waals surface area contributed by atoms with E-state index >= 15 is 0 Å². The number of nitrogens with one attached hydrogen (secondary N) is 2. The van der Waals surface area contributed by atoms with Crippen molar-refractivity contribution < 1.29 is 23.3 Å². The number of benzene rings is 2. The highest BCUT2D eigenvalue weighted by molar-refractivity contribution is 5.86. The Hall–Kier alpha value is -3.61. The third-order valence-corrected chi connectivity index (χ3v) is 4.67. The largest absolute Gasteiger partial charge is 0.505 e. The van der Waals surface area contributed by atoms with Crippen molar-refractivity contribution in [3.63, 3.8) is 0 Å². The molecule has 0 saturated heterocycles. The second-order valence-electron chi connectivity index (χ2n) is 6.57. The van der Waals surface area contributed by atoms with E-state index in [1.807, 2.05) is 12.1 Å². The molecule has 0 spiro atoms. The fourth-order valence-corrected chi connectivity index (χ4v) is 3.26. The lowest BCUT2D eigenvalue weighted by molar-refractivity contribution is -0.378. The molecule has 2 heterocycles. The number of anilines is 1. The Balaban J connectivity index is 1.81. The van der Waals surface area contributed by atoms with Gasteiger partial charge in [-0.15, -0.1) is 0 Å². The van der Waals surface area contributed by atoms with Crippen molar-refractivity contribution in [3.05, 3.63) is 95.9 Å². The first-order valence-corrected chi connectivity index (χ1v) is 8.90. The van der Waals surface area contributed by atoms with Crippen LogP contribution < -0.4 is 10.3 Å². The molecule has 0 amide bonds. The van der Waals surface area contributed by atoms with Gasteiger partial charge in [0.15, 0.2) is 12.4 Å². The number of aromatic hydroxyl groups is 1. The van der Waals surface area contributed by atoms with Gasteiger partial charge in [0.1, 0.15) is 11.3 Å². The van der Waals surface area contributed by atoms with Crippen molar-refractivity contribution in [2.45, 2.75) is 12.2 Å². The van der Waals surface area contributed by atoms with E-state index < -0.39 is 17.8 Å². The van der Waals surface area contributed by atoms with E-state index in [2.05, 4.69) is 15.3 Å². The number of fused-ring (bicyclic) bond motifs is 1. The van der Waals surface area contributed by atoms with Crippen molar-refractivity contribution in [1.82, 2.24) is 4.98 Å². The fourth-order valence-electron chi connectivity index (χ4n) is 3.26. The molecule has 0 fully saturated rings. The van der Waals surface area contributed by atoms with Crippen molar-refractivity contribution >= 4 is 16.6 Å². The van der Waals surface area contributed by atoms with Crippen LogP contribution in [-0.4, -0.2) is 10.1 Å². The molecule has 0 saturated carbocycles. The number of halogens is 3. The minimum atomic E-state index is -4.44. The van der Waals surface area contributed by atoms with Crippen molar-refractivity contribution in [2.75, 3.05) is 5.32 Å². The predicted octanol–water partition coefficient (Wildman–Crippen LogP) is 4.97. The van der Waals surface area contributed by atoms with Crippen LogP contribution in [0.15, 0.2) is 79.3 Å². The summed E-state index contributed by atoms with van der Waals surface area (Å²) in [6, 6.07) is 15.2. The van der Waals surface area contributed by atoms with Gasteiger partial charge in [-0.3, -0.25) is 4.98 Å². The van der Waals surface area contributed by atoms with Gasteiger partial charge in [-0.1, -0.05) is 24.3 Å². The fraction of sp³-hybridized carbons (Fsp3) is 0.0909. The van der Waals surface area contributed by atoms with Crippen LogP contribution in [0.4, 0.5) is 18.9 Å². The summed E-state index contributed by atoms with van der Waals surface area (Å²) in [5, 5.41) is 14.8. The molecule has 2 aromatic carbocycles. The zero-order chi connectivity index (χ0) is 20.4. The molecule has 146 valence electrons. The zero-order valence-electron chi connectivity index (χ0n) is 15.1. The average molecular weight is 396 g/mol. The maximum absolute atomic E-state index is 13.1. The number of aromatic amines is 1. The maximum Gasteiger partial charge on any atom is 0.416 e. The first kappa shape index (κ1) is 18.7. The predicted molar refractivity (Wildman–Crippen MR) is 103 cm³/mol. The Kier molecular flexibility index (Phi) is 4.80. The van der Waals surface area contributed by atoms with Gasteiger partial charge in [-0.2, -0.15) is 13.2 Å². The molecule has 29 heavy (non-hydrogen) atoms. The van der Waals surface area contributed by atoms with Gasteiger partial charge in [-0.25, -0.2) is 4.98 Å². The number of phenolic OH excluding ortho intramolecular Hbond substituents is 1. The molecule has 7 heteroatoms. The third-order valence-electron chi connectivity index (χ3n) is 4.67. The van der Waals surface area contributed by atoms with Crippen LogP contribution in [0.5, 0.6) is 5.75 Å². The number of pyridine rings is 2. The second-order valence-corrected chi connectivity index (χ2v) is 6.57. The summed E-state index contributed by atoms with van der Waals surface area (Å²) in [6.45, 7) is 0. The van der Waals surface area contributed by atoms with E-state index in [1.54, 1.807) is 48.9 Å². The Morgan fingerprint density at radius 1 is 0.966 bits per heavy atom. The minimum absolute atomic E-state index is 0.0135. The van der Waals surface area contributed by atoms with Gasteiger partial charge < -0.3 is 10.4 Å². The van der Waals surface area contributed by atoms with Crippen LogP contribution in [0.25, 0.3) is 10.9 Å². The summed E-state index contributed by atoms with van der Waals surface area (Å²) < 4.78 is 39.3. The highest BCUT2D eigenvalue weighted by Crippen LogP contribution is 2.37.